The lowest BCUT2D eigenvalue weighted by molar-refractivity contribution is -0.119. The van der Waals surface area contributed by atoms with Crippen LogP contribution >= 0.6 is 0 Å². The standard InChI is InChI=1S/C23H27N7O2/c1-4-18-20-21(30-10-9-17(32-3)11-19(30)22(31)27-20)28-23(26-18)25-15-5-7-16(8-6-15)29-12-14(2)24-13-29/h5-8,12-13,17,19H,4,9-11H2,1-3H3,(H,27,31)(H,25,26,28). The maximum Gasteiger partial charge on any atom is 0.247 e. The first-order valence-electron chi connectivity index (χ1n) is 10.9. The molecule has 0 saturated carbocycles. The van der Waals surface area contributed by atoms with Crippen molar-refractivity contribution in [1.82, 2.24) is 19.5 Å². The van der Waals surface area contributed by atoms with Gasteiger partial charge in [0.25, 0.3) is 0 Å². The number of amides is 1. The maximum atomic E-state index is 12.8. The molecule has 0 radical (unpaired) electrons. The summed E-state index contributed by atoms with van der Waals surface area (Å²) in [5.74, 6) is 1.29. The summed E-state index contributed by atoms with van der Waals surface area (Å²) in [4.78, 5) is 28.6. The van der Waals surface area contributed by atoms with E-state index in [0.29, 0.717) is 18.8 Å². The molecule has 1 aromatic carbocycles. The van der Waals surface area contributed by atoms with Crippen molar-refractivity contribution in [3.05, 3.63) is 48.2 Å². The number of ether oxygens (including phenoxy) is 1. The van der Waals surface area contributed by atoms with E-state index in [0.717, 1.165) is 47.2 Å². The van der Waals surface area contributed by atoms with Crippen LogP contribution < -0.4 is 15.5 Å². The van der Waals surface area contributed by atoms with Crippen molar-refractivity contribution in [2.45, 2.75) is 45.3 Å². The average Bonchev–Trinajstić information content (AvgIpc) is 3.25. The minimum atomic E-state index is -0.272. The van der Waals surface area contributed by atoms with E-state index >= 15 is 0 Å². The van der Waals surface area contributed by atoms with Gasteiger partial charge in [0.2, 0.25) is 11.9 Å². The summed E-state index contributed by atoms with van der Waals surface area (Å²) >= 11 is 0. The van der Waals surface area contributed by atoms with Crippen LogP contribution in [-0.4, -0.2) is 51.2 Å². The number of nitrogens with zero attached hydrogens (tertiary/aromatic N) is 5. The summed E-state index contributed by atoms with van der Waals surface area (Å²) < 4.78 is 7.49. The first-order chi connectivity index (χ1) is 15.6. The van der Waals surface area contributed by atoms with E-state index in [-0.39, 0.29) is 18.1 Å². The lowest BCUT2D eigenvalue weighted by Gasteiger charge is -2.42. The monoisotopic (exact) mass is 433 g/mol. The minimum Gasteiger partial charge on any atom is -0.381 e. The van der Waals surface area contributed by atoms with Gasteiger partial charge >= 0.3 is 0 Å². The number of hydrogen-bond donors (Lipinski definition) is 2. The first-order valence-corrected chi connectivity index (χ1v) is 10.9. The van der Waals surface area contributed by atoms with Gasteiger partial charge in [-0.05, 0) is 44.0 Å². The van der Waals surface area contributed by atoms with Crippen molar-refractivity contribution >= 4 is 29.0 Å². The molecule has 5 rings (SSSR count). The molecule has 166 valence electrons. The van der Waals surface area contributed by atoms with Gasteiger partial charge in [-0.2, -0.15) is 4.98 Å². The van der Waals surface area contributed by atoms with Gasteiger partial charge in [-0.3, -0.25) is 4.79 Å². The third-order valence-electron chi connectivity index (χ3n) is 6.14. The SMILES string of the molecule is CCc1nc(Nc2ccc(-n3cnc(C)c3)cc2)nc2c1NC(=O)C1CC(OC)CCN21. The molecule has 2 N–H and O–H groups in total. The van der Waals surface area contributed by atoms with E-state index in [1.807, 2.05) is 48.9 Å². The number of aryl methyl sites for hydroxylation is 2. The number of carbonyl (C=O) groups excluding carboxylic acids is 1. The maximum absolute atomic E-state index is 12.8. The zero-order valence-corrected chi connectivity index (χ0v) is 18.5. The Bertz CT molecular complexity index is 1140. The summed E-state index contributed by atoms with van der Waals surface area (Å²) in [6.45, 7) is 4.72. The minimum absolute atomic E-state index is 0.0106. The second kappa shape index (κ2) is 8.23. The highest BCUT2D eigenvalue weighted by molar-refractivity contribution is 6.03. The van der Waals surface area contributed by atoms with Crippen LogP contribution in [0.5, 0.6) is 0 Å². The number of methoxy groups -OCH3 is 1. The zero-order chi connectivity index (χ0) is 22.2. The number of piperidine rings is 1. The predicted molar refractivity (Wildman–Crippen MR) is 123 cm³/mol. The van der Waals surface area contributed by atoms with Gasteiger partial charge in [-0.15, -0.1) is 0 Å². The molecule has 2 aliphatic heterocycles. The number of benzene rings is 1. The van der Waals surface area contributed by atoms with Crippen LogP contribution in [0.2, 0.25) is 0 Å². The van der Waals surface area contributed by atoms with Crippen molar-refractivity contribution < 1.29 is 9.53 Å². The molecule has 2 unspecified atom stereocenters. The normalized spacial score (nSPS) is 19.8. The van der Waals surface area contributed by atoms with Gasteiger partial charge in [0.1, 0.15) is 11.7 Å². The number of hydrogen-bond acceptors (Lipinski definition) is 7. The highest BCUT2D eigenvalue weighted by Crippen LogP contribution is 2.38. The highest BCUT2D eigenvalue weighted by atomic mass is 16.5. The first kappa shape index (κ1) is 20.4. The number of imidazole rings is 1. The molecule has 9 heteroatoms. The van der Waals surface area contributed by atoms with Crippen molar-refractivity contribution in [2.24, 2.45) is 0 Å². The average molecular weight is 434 g/mol. The summed E-state index contributed by atoms with van der Waals surface area (Å²) in [5, 5.41) is 6.37. The molecule has 2 aliphatic rings. The third-order valence-corrected chi connectivity index (χ3v) is 6.14. The van der Waals surface area contributed by atoms with Crippen molar-refractivity contribution in [1.29, 1.82) is 0 Å². The van der Waals surface area contributed by atoms with Crippen LogP contribution in [0.1, 0.15) is 31.2 Å². The predicted octanol–water partition coefficient (Wildman–Crippen LogP) is 3.21. The van der Waals surface area contributed by atoms with E-state index in [1.54, 1.807) is 13.4 Å². The van der Waals surface area contributed by atoms with E-state index in [9.17, 15) is 4.79 Å². The molecule has 0 bridgehead atoms. The quantitative estimate of drug-likeness (QED) is 0.638. The lowest BCUT2D eigenvalue weighted by Crippen LogP contribution is -2.54. The van der Waals surface area contributed by atoms with Crippen LogP contribution in [0.3, 0.4) is 0 Å². The largest absolute Gasteiger partial charge is 0.381 e. The number of anilines is 4. The molecule has 9 nitrogen and oxygen atoms in total. The summed E-state index contributed by atoms with van der Waals surface area (Å²) in [7, 11) is 1.70. The van der Waals surface area contributed by atoms with Crippen molar-refractivity contribution in [3.63, 3.8) is 0 Å². The summed E-state index contributed by atoms with van der Waals surface area (Å²) in [6.07, 6.45) is 6.09. The lowest BCUT2D eigenvalue weighted by atomic mass is 9.96. The van der Waals surface area contributed by atoms with Crippen LogP contribution in [-0.2, 0) is 16.0 Å². The van der Waals surface area contributed by atoms with Gasteiger partial charge in [0, 0.05) is 37.6 Å². The highest BCUT2D eigenvalue weighted by Gasteiger charge is 2.40. The Morgan fingerprint density at radius 3 is 2.75 bits per heavy atom. The van der Waals surface area contributed by atoms with Crippen LogP contribution in [0, 0.1) is 6.92 Å². The number of fused-ring (bicyclic) bond motifs is 3. The Balaban J connectivity index is 1.43. The molecule has 0 spiro atoms. The molecular weight excluding hydrogens is 406 g/mol. The van der Waals surface area contributed by atoms with Crippen LogP contribution in [0.15, 0.2) is 36.8 Å². The molecule has 2 atom stereocenters. The van der Waals surface area contributed by atoms with Gasteiger partial charge in [0.05, 0.1) is 23.8 Å². The molecule has 2 aromatic heterocycles. The summed E-state index contributed by atoms with van der Waals surface area (Å²) in [6, 6.07) is 7.76. The van der Waals surface area contributed by atoms with E-state index in [4.69, 9.17) is 9.72 Å². The van der Waals surface area contributed by atoms with E-state index in [1.165, 1.54) is 0 Å². The van der Waals surface area contributed by atoms with Crippen molar-refractivity contribution in [3.8, 4) is 5.69 Å². The smallest absolute Gasteiger partial charge is 0.247 e. The fourth-order valence-corrected chi connectivity index (χ4v) is 4.41. The Kier molecular flexibility index (Phi) is 5.26. The van der Waals surface area contributed by atoms with E-state index in [2.05, 4.69) is 25.5 Å². The van der Waals surface area contributed by atoms with E-state index < -0.39 is 0 Å². The summed E-state index contributed by atoms with van der Waals surface area (Å²) in [5.41, 5.74) is 4.44. The number of rotatable bonds is 5. The van der Waals surface area contributed by atoms with Gasteiger partial charge in [-0.25, -0.2) is 9.97 Å². The Morgan fingerprint density at radius 1 is 1.25 bits per heavy atom. The van der Waals surface area contributed by atoms with Gasteiger partial charge in [-0.1, -0.05) is 6.92 Å². The number of carbonyl (C=O) groups is 1. The van der Waals surface area contributed by atoms with Gasteiger partial charge in [0.15, 0.2) is 5.82 Å². The van der Waals surface area contributed by atoms with Crippen LogP contribution in [0.4, 0.5) is 23.1 Å². The number of nitrogens with one attached hydrogen (secondary N) is 2. The van der Waals surface area contributed by atoms with Crippen LogP contribution in [0.25, 0.3) is 5.69 Å². The Labute approximate surface area is 186 Å². The molecule has 1 amide bonds. The molecule has 32 heavy (non-hydrogen) atoms. The fraction of sp³-hybridized carbons (Fsp3) is 0.391. The molecule has 4 heterocycles. The number of aromatic nitrogens is 4. The molecule has 1 fully saturated rings. The second-order valence-electron chi connectivity index (χ2n) is 8.22. The Hall–Kier alpha value is -3.46. The molecule has 0 aliphatic carbocycles. The molecular formula is C23H27N7O2. The third kappa shape index (κ3) is 3.69. The van der Waals surface area contributed by atoms with Crippen molar-refractivity contribution in [2.75, 3.05) is 29.2 Å². The Morgan fingerprint density at radius 2 is 2.06 bits per heavy atom. The molecule has 3 aromatic rings. The van der Waals surface area contributed by atoms with Gasteiger partial charge < -0.3 is 24.8 Å². The zero-order valence-electron chi connectivity index (χ0n) is 18.5. The second-order valence-corrected chi connectivity index (χ2v) is 8.22. The topological polar surface area (TPSA) is 97.2 Å². The fourth-order valence-electron chi connectivity index (χ4n) is 4.41. The molecule has 1 saturated heterocycles.